The first-order valence-corrected chi connectivity index (χ1v) is 9.22. The van der Waals surface area contributed by atoms with Gasteiger partial charge in [-0.1, -0.05) is 30.3 Å². The second kappa shape index (κ2) is 9.12. The van der Waals surface area contributed by atoms with Gasteiger partial charge in [-0.05, 0) is 37.5 Å². The molecule has 3 rings (SSSR count). The summed E-state index contributed by atoms with van der Waals surface area (Å²) in [6, 6.07) is 12.8. The van der Waals surface area contributed by atoms with Crippen LogP contribution in [-0.4, -0.2) is 29.8 Å². The smallest absolute Gasteiger partial charge is 0.342 e. The summed E-state index contributed by atoms with van der Waals surface area (Å²) in [5.41, 5.74) is 6.92. The van der Waals surface area contributed by atoms with Gasteiger partial charge in [0.05, 0.1) is 11.3 Å². The molecule has 2 aromatic rings. The number of benzene rings is 1. The molecule has 7 heteroatoms. The molecule has 0 unspecified atom stereocenters. The molecule has 0 spiro atoms. The number of aliphatic imine (C=N–C) groups is 1. The van der Waals surface area contributed by atoms with Crippen molar-refractivity contribution in [1.29, 1.82) is 0 Å². The SMILES string of the molecule is CCN=C/C(C(=O)OCc1ccccc1)=C(\N)c1ccc(NC2CC2)nc1F. The number of nitrogens with two attached hydrogens (primary N) is 1. The largest absolute Gasteiger partial charge is 0.457 e. The summed E-state index contributed by atoms with van der Waals surface area (Å²) in [5.74, 6) is -0.966. The molecule has 28 heavy (non-hydrogen) atoms. The number of pyridine rings is 1. The summed E-state index contributed by atoms with van der Waals surface area (Å²) in [7, 11) is 0. The van der Waals surface area contributed by atoms with Gasteiger partial charge in [0.2, 0.25) is 5.95 Å². The molecule has 0 saturated heterocycles. The lowest BCUT2D eigenvalue weighted by molar-refractivity contribution is -0.139. The van der Waals surface area contributed by atoms with Crippen LogP contribution in [0.3, 0.4) is 0 Å². The highest BCUT2D eigenvalue weighted by molar-refractivity contribution is 6.15. The van der Waals surface area contributed by atoms with Crippen LogP contribution in [0, 0.1) is 5.95 Å². The van der Waals surface area contributed by atoms with E-state index in [1.807, 2.05) is 37.3 Å². The third kappa shape index (κ3) is 5.16. The van der Waals surface area contributed by atoms with E-state index in [9.17, 15) is 9.18 Å². The zero-order valence-corrected chi connectivity index (χ0v) is 15.7. The summed E-state index contributed by atoms with van der Waals surface area (Å²) < 4.78 is 19.8. The lowest BCUT2D eigenvalue weighted by Gasteiger charge is -2.11. The van der Waals surface area contributed by atoms with Crippen molar-refractivity contribution < 1.29 is 13.9 Å². The summed E-state index contributed by atoms with van der Waals surface area (Å²) in [6.07, 6.45) is 3.43. The van der Waals surface area contributed by atoms with Crippen molar-refractivity contribution >= 4 is 23.7 Å². The van der Waals surface area contributed by atoms with Crippen LogP contribution in [0.25, 0.3) is 5.70 Å². The highest BCUT2D eigenvalue weighted by atomic mass is 19.1. The normalized spacial score (nSPS) is 14.6. The molecule has 0 bridgehead atoms. The fraction of sp³-hybridized carbons (Fsp3) is 0.286. The van der Waals surface area contributed by atoms with E-state index < -0.39 is 11.9 Å². The molecule has 1 fully saturated rings. The van der Waals surface area contributed by atoms with Gasteiger partial charge in [-0.2, -0.15) is 4.39 Å². The van der Waals surface area contributed by atoms with Crippen molar-refractivity contribution in [3.05, 3.63) is 65.1 Å². The molecule has 0 atom stereocenters. The summed E-state index contributed by atoms with van der Waals surface area (Å²) in [5, 5.41) is 3.12. The van der Waals surface area contributed by atoms with E-state index in [0.717, 1.165) is 18.4 Å². The topological polar surface area (TPSA) is 89.6 Å². The number of aromatic nitrogens is 1. The quantitative estimate of drug-likeness (QED) is 0.316. The first-order chi connectivity index (χ1) is 13.6. The summed E-state index contributed by atoms with van der Waals surface area (Å²) in [6.45, 7) is 2.36. The van der Waals surface area contributed by atoms with Crippen LogP contribution < -0.4 is 11.1 Å². The van der Waals surface area contributed by atoms with Gasteiger partial charge >= 0.3 is 5.97 Å². The number of hydrogen-bond acceptors (Lipinski definition) is 6. The number of carbonyl (C=O) groups is 1. The second-order valence-corrected chi connectivity index (χ2v) is 6.47. The van der Waals surface area contributed by atoms with Crippen molar-refractivity contribution in [2.45, 2.75) is 32.4 Å². The Morgan fingerprint density at radius 1 is 1.32 bits per heavy atom. The molecule has 1 heterocycles. The molecule has 0 aliphatic heterocycles. The van der Waals surface area contributed by atoms with Crippen molar-refractivity contribution in [2.75, 3.05) is 11.9 Å². The van der Waals surface area contributed by atoms with Gasteiger partial charge in [0, 0.05) is 18.8 Å². The number of nitrogens with zero attached hydrogens (tertiary/aromatic N) is 2. The predicted molar refractivity (Wildman–Crippen MR) is 107 cm³/mol. The molecule has 1 aliphatic carbocycles. The fourth-order valence-electron chi connectivity index (χ4n) is 2.51. The minimum absolute atomic E-state index is 0.00128. The van der Waals surface area contributed by atoms with Gasteiger partial charge in [-0.3, -0.25) is 4.99 Å². The van der Waals surface area contributed by atoms with Crippen molar-refractivity contribution in [3.63, 3.8) is 0 Å². The number of nitrogens with one attached hydrogen (secondary N) is 1. The Balaban J connectivity index is 1.82. The van der Waals surface area contributed by atoms with E-state index in [4.69, 9.17) is 10.5 Å². The van der Waals surface area contributed by atoms with Gasteiger partial charge in [0.1, 0.15) is 18.0 Å². The predicted octanol–water partition coefficient (Wildman–Crippen LogP) is 3.30. The number of carbonyl (C=O) groups excluding carboxylic acids is 1. The molecule has 146 valence electrons. The van der Waals surface area contributed by atoms with Gasteiger partial charge in [0.25, 0.3) is 0 Å². The van der Waals surface area contributed by atoms with Crippen molar-refractivity contribution in [1.82, 2.24) is 4.98 Å². The van der Waals surface area contributed by atoms with Crippen LogP contribution in [0.5, 0.6) is 0 Å². The van der Waals surface area contributed by atoms with Gasteiger partial charge in [-0.15, -0.1) is 0 Å². The summed E-state index contributed by atoms with van der Waals surface area (Å²) >= 11 is 0. The molecule has 0 radical (unpaired) electrons. The molecular weight excluding hydrogens is 359 g/mol. The van der Waals surface area contributed by atoms with Crippen LogP contribution in [0.15, 0.2) is 53.0 Å². The molecule has 1 aliphatic rings. The number of rotatable bonds is 8. The lowest BCUT2D eigenvalue weighted by Crippen LogP contribution is -2.16. The molecule has 1 aromatic carbocycles. The average molecular weight is 382 g/mol. The van der Waals surface area contributed by atoms with E-state index in [0.29, 0.717) is 18.4 Å². The Morgan fingerprint density at radius 2 is 2.07 bits per heavy atom. The van der Waals surface area contributed by atoms with Gasteiger partial charge in [-0.25, -0.2) is 9.78 Å². The van der Waals surface area contributed by atoms with Crippen molar-refractivity contribution in [2.24, 2.45) is 10.7 Å². The van der Waals surface area contributed by atoms with Crippen LogP contribution in [-0.2, 0) is 16.1 Å². The molecule has 1 saturated carbocycles. The zero-order chi connectivity index (χ0) is 19.9. The van der Waals surface area contributed by atoms with E-state index in [-0.39, 0.29) is 23.4 Å². The first kappa shape index (κ1) is 19.5. The van der Waals surface area contributed by atoms with Crippen LogP contribution in [0.4, 0.5) is 10.2 Å². The standard InChI is InChI=1S/C21H23FN4O2/c1-2-24-12-17(21(27)28-13-14-6-4-3-5-7-14)19(23)16-10-11-18(26-20(16)22)25-15-8-9-15/h3-7,10-12,15H,2,8-9,13,23H2,1H3,(H,25,26)/b19-17+,24-12?. The first-order valence-electron chi connectivity index (χ1n) is 9.22. The summed E-state index contributed by atoms with van der Waals surface area (Å²) in [4.78, 5) is 20.5. The van der Waals surface area contributed by atoms with Gasteiger partial charge in [0.15, 0.2) is 0 Å². The number of hydrogen-bond donors (Lipinski definition) is 2. The van der Waals surface area contributed by atoms with E-state index in [1.54, 1.807) is 6.07 Å². The lowest BCUT2D eigenvalue weighted by atomic mass is 10.1. The fourth-order valence-corrected chi connectivity index (χ4v) is 2.51. The van der Waals surface area contributed by atoms with E-state index in [1.165, 1.54) is 12.3 Å². The average Bonchev–Trinajstić information content (AvgIpc) is 3.51. The number of ether oxygens (including phenoxy) is 1. The number of halogens is 1. The molecule has 0 amide bonds. The number of anilines is 1. The molecular formula is C21H23FN4O2. The van der Waals surface area contributed by atoms with Crippen molar-refractivity contribution in [3.8, 4) is 0 Å². The molecule has 3 N–H and O–H groups in total. The molecule has 6 nitrogen and oxygen atoms in total. The Morgan fingerprint density at radius 3 is 2.71 bits per heavy atom. The monoisotopic (exact) mass is 382 g/mol. The number of esters is 1. The minimum atomic E-state index is -0.749. The Hall–Kier alpha value is -3.22. The highest BCUT2D eigenvalue weighted by Gasteiger charge is 2.23. The third-order valence-electron chi connectivity index (χ3n) is 4.19. The van der Waals surface area contributed by atoms with Crippen LogP contribution >= 0.6 is 0 Å². The van der Waals surface area contributed by atoms with Crippen LogP contribution in [0.2, 0.25) is 0 Å². The Bertz CT molecular complexity index is 893. The van der Waals surface area contributed by atoms with E-state index >= 15 is 0 Å². The van der Waals surface area contributed by atoms with E-state index in [2.05, 4.69) is 15.3 Å². The Labute approximate surface area is 163 Å². The minimum Gasteiger partial charge on any atom is -0.457 e. The maximum Gasteiger partial charge on any atom is 0.342 e. The zero-order valence-electron chi connectivity index (χ0n) is 15.7. The molecule has 1 aromatic heterocycles. The van der Waals surface area contributed by atoms with Gasteiger partial charge < -0.3 is 15.8 Å². The maximum atomic E-state index is 14.5. The van der Waals surface area contributed by atoms with Crippen LogP contribution in [0.1, 0.15) is 30.9 Å². The third-order valence-corrected chi connectivity index (χ3v) is 4.19. The Kier molecular flexibility index (Phi) is 6.37. The second-order valence-electron chi connectivity index (χ2n) is 6.47. The highest BCUT2D eigenvalue weighted by Crippen LogP contribution is 2.25. The maximum absolute atomic E-state index is 14.5.